The lowest BCUT2D eigenvalue weighted by atomic mass is 10.2. The second-order valence-electron chi connectivity index (χ2n) is 6.30. The Balaban J connectivity index is 1.79. The van der Waals surface area contributed by atoms with Crippen LogP contribution in [0, 0.1) is 12.8 Å². The van der Waals surface area contributed by atoms with E-state index in [1.54, 1.807) is 55.5 Å². The highest BCUT2D eigenvalue weighted by atomic mass is 32.2. The number of fused-ring (bicyclic) bond motifs is 1. The van der Waals surface area contributed by atoms with Gasteiger partial charge in [-0.05, 0) is 49.6 Å². The zero-order valence-corrected chi connectivity index (χ0v) is 14.5. The smallest absolute Gasteiger partial charge is 0.314 e. The van der Waals surface area contributed by atoms with Crippen molar-refractivity contribution >= 4 is 26.9 Å². The summed E-state index contributed by atoms with van der Waals surface area (Å²) in [5.74, 6) is 0.0988. The Morgan fingerprint density at radius 3 is 2.60 bits per heavy atom. The number of hydrogen-bond acceptors (Lipinski definition) is 4. The third kappa shape index (κ3) is 2.82. The summed E-state index contributed by atoms with van der Waals surface area (Å²) >= 11 is 0. The highest BCUT2D eigenvalue weighted by molar-refractivity contribution is 7.90. The molecule has 6 heteroatoms. The summed E-state index contributed by atoms with van der Waals surface area (Å²) < 4.78 is 32.7. The van der Waals surface area contributed by atoms with E-state index in [9.17, 15) is 13.2 Å². The van der Waals surface area contributed by atoms with Crippen LogP contribution in [0.15, 0.2) is 59.6 Å². The molecule has 2 aromatic carbocycles. The number of esters is 1. The largest absolute Gasteiger partial charge is 0.426 e. The molecule has 1 fully saturated rings. The number of hydrogen-bond donors (Lipinski definition) is 0. The van der Waals surface area contributed by atoms with Crippen LogP contribution in [0.4, 0.5) is 0 Å². The number of aromatic nitrogens is 1. The molecule has 1 saturated carbocycles. The zero-order chi connectivity index (χ0) is 17.6. The first-order chi connectivity index (χ1) is 12.0. The quantitative estimate of drug-likeness (QED) is 0.531. The van der Waals surface area contributed by atoms with Crippen LogP contribution < -0.4 is 4.74 Å². The Hall–Kier alpha value is -2.60. The van der Waals surface area contributed by atoms with Gasteiger partial charge in [0.2, 0.25) is 0 Å². The summed E-state index contributed by atoms with van der Waals surface area (Å²) in [4.78, 5) is 12.1. The lowest BCUT2D eigenvalue weighted by Gasteiger charge is -2.11. The van der Waals surface area contributed by atoms with Gasteiger partial charge in [-0.3, -0.25) is 4.79 Å². The highest BCUT2D eigenvalue weighted by Gasteiger charge is 2.31. The molecule has 0 unspecified atom stereocenters. The molecule has 4 rings (SSSR count). The number of ether oxygens (including phenoxy) is 1. The van der Waals surface area contributed by atoms with E-state index in [1.165, 1.54) is 10.2 Å². The molecule has 1 aromatic heterocycles. The molecule has 0 saturated heterocycles. The van der Waals surface area contributed by atoms with E-state index in [4.69, 9.17) is 4.74 Å². The molecule has 1 aliphatic rings. The van der Waals surface area contributed by atoms with Crippen LogP contribution in [0.25, 0.3) is 10.9 Å². The fourth-order valence-corrected chi connectivity index (χ4v) is 4.40. The molecule has 0 atom stereocenters. The minimum atomic E-state index is -3.73. The molecule has 1 heterocycles. The summed E-state index contributed by atoms with van der Waals surface area (Å²) in [5.41, 5.74) is 1.17. The second-order valence-corrected chi connectivity index (χ2v) is 8.08. The van der Waals surface area contributed by atoms with Crippen molar-refractivity contribution in [1.82, 2.24) is 3.97 Å². The van der Waals surface area contributed by atoms with Gasteiger partial charge in [-0.2, -0.15) is 0 Å². The molecule has 25 heavy (non-hydrogen) atoms. The van der Waals surface area contributed by atoms with Gasteiger partial charge in [0.1, 0.15) is 5.75 Å². The molecular formula is C19H17NO4S. The van der Waals surface area contributed by atoms with Crippen LogP contribution in [0.2, 0.25) is 0 Å². The Morgan fingerprint density at radius 2 is 1.88 bits per heavy atom. The number of aryl methyl sites for hydroxylation is 1. The summed E-state index contributed by atoms with van der Waals surface area (Å²) in [6.07, 6.45) is 3.25. The fourth-order valence-electron chi connectivity index (χ4n) is 2.83. The van der Waals surface area contributed by atoms with Crippen LogP contribution in [0.1, 0.15) is 18.4 Å². The summed E-state index contributed by atoms with van der Waals surface area (Å²) in [6.45, 7) is 1.77. The molecule has 0 bridgehead atoms. The SMILES string of the molecule is Cc1ccccc1S(=O)(=O)n1ccc2ccc(OC(=O)C3CC3)cc21. The van der Waals surface area contributed by atoms with Crippen molar-refractivity contribution < 1.29 is 17.9 Å². The average molecular weight is 355 g/mol. The number of nitrogens with zero attached hydrogens (tertiary/aromatic N) is 1. The molecule has 128 valence electrons. The molecule has 5 nitrogen and oxygen atoms in total. The van der Waals surface area contributed by atoms with Crippen molar-refractivity contribution in [3.8, 4) is 5.75 Å². The van der Waals surface area contributed by atoms with E-state index in [0.717, 1.165) is 18.2 Å². The molecule has 3 aromatic rings. The van der Waals surface area contributed by atoms with Gasteiger partial charge in [-0.1, -0.05) is 18.2 Å². The van der Waals surface area contributed by atoms with Gasteiger partial charge in [-0.25, -0.2) is 12.4 Å². The van der Waals surface area contributed by atoms with Crippen molar-refractivity contribution in [3.05, 3.63) is 60.3 Å². The summed E-state index contributed by atoms with van der Waals surface area (Å²) in [5, 5.41) is 0.767. The van der Waals surface area contributed by atoms with E-state index in [2.05, 4.69) is 0 Å². The van der Waals surface area contributed by atoms with Crippen molar-refractivity contribution in [2.24, 2.45) is 5.92 Å². The third-order valence-electron chi connectivity index (χ3n) is 4.39. The topological polar surface area (TPSA) is 65.4 Å². The van der Waals surface area contributed by atoms with Crippen LogP contribution in [-0.4, -0.2) is 18.4 Å². The van der Waals surface area contributed by atoms with E-state index in [1.807, 2.05) is 0 Å². The average Bonchev–Trinajstić information content (AvgIpc) is 3.35. The first kappa shape index (κ1) is 15.9. The standard InChI is InChI=1S/C19H17NO4S/c1-13-4-2-3-5-18(13)25(22,23)20-11-10-14-8-9-16(12-17(14)20)24-19(21)15-6-7-15/h2-5,8-12,15H,6-7H2,1H3. The van der Waals surface area contributed by atoms with E-state index < -0.39 is 10.0 Å². The Bertz CT molecular complexity index is 1080. The monoisotopic (exact) mass is 355 g/mol. The van der Waals surface area contributed by atoms with Crippen molar-refractivity contribution in [3.63, 3.8) is 0 Å². The van der Waals surface area contributed by atoms with Gasteiger partial charge in [0.05, 0.1) is 16.3 Å². The van der Waals surface area contributed by atoms with Crippen LogP contribution in [-0.2, 0) is 14.8 Å². The second kappa shape index (κ2) is 5.74. The van der Waals surface area contributed by atoms with Crippen LogP contribution >= 0.6 is 0 Å². The van der Waals surface area contributed by atoms with Crippen LogP contribution in [0.3, 0.4) is 0 Å². The summed E-state index contributed by atoms with van der Waals surface area (Å²) in [7, 11) is -3.73. The van der Waals surface area contributed by atoms with Crippen LogP contribution in [0.5, 0.6) is 5.75 Å². The van der Waals surface area contributed by atoms with E-state index >= 15 is 0 Å². The molecular weight excluding hydrogens is 338 g/mol. The van der Waals surface area contributed by atoms with E-state index in [0.29, 0.717) is 16.8 Å². The Morgan fingerprint density at radius 1 is 1.12 bits per heavy atom. The summed E-state index contributed by atoms with van der Waals surface area (Å²) in [6, 6.07) is 13.6. The number of rotatable bonds is 4. The maximum atomic E-state index is 13.0. The third-order valence-corrected chi connectivity index (χ3v) is 6.24. The van der Waals surface area contributed by atoms with Gasteiger partial charge in [0.15, 0.2) is 0 Å². The maximum absolute atomic E-state index is 13.0. The van der Waals surface area contributed by atoms with Gasteiger partial charge < -0.3 is 4.74 Å². The Kier molecular flexibility index (Phi) is 3.65. The molecule has 0 spiro atoms. The lowest BCUT2D eigenvalue weighted by Crippen LogP contribution is -2.13. The predicted octanol–water partition coefficient (Wildman–Crippen LogP) is 3.50. The first-order valence-electron chi connectivity index (χ1n) is 8.11. The van der Waals surface area contributed by atoms with Crippen molar-refractivity contribution in [1.29, 1.82) is 0 Å². The number of carbonyl (C=O) groups is 1. The minimum Gasteiger partial charge on any atom is -0.426 e. The normalized spacial score (nSPS) is 14.6. The minimum absolute atomic E-state index is 0.0156. The number of benzene rings is 2. The Labute approximate surface area is 145 Å². The van der Waals surface area contributed by atoms with Crippen molar-refractivity contribution in [2.75, 3.05) is 0 Å². The van der Waals surface area contributed by atoms with Crippen molar-refractivity contribution in [2.45, 2.75) is 24.7 Å². The maximum Gasteiger partial charge on any atom is 0.314 e. The van der Waals surface area contributed by atoms with Gasteiger partial charge in [-0.15, -0.1) is 0 Å². The molecule has 0 aliphatic heterocycles. The highest BCUT2D eigenvalue weighted by Crippen LogP contribution is 2.32. The lowest BCUT2D eigenvalue weighted by molar-refractivity contribution is -0.135. The van der Waals surface area contributed by atoms with Gasteiger partial charge in [0.25, 0.3) is 10.0 Å². The molecule has 1 aliphatic carbocycles. The zero-order valence-electron chi connectivity index (χ0n) is 13.7. The van der Waals surface area contributed by atoms with E-state index in [-0.39, 0.29) is 16.8 Å². The van der Waals surface area contributed by atoms with Gasteiger partial charge in [0, 0.05) is 17.6 Å². The molecule has 0 amide bonds. The predicted molar refractivity (Wildman–Crippen MR) is 94.1 cm³/mol. The number of carbonyl (C=O) groups excluding carboxylic acids is 1. The molecule has 0 N–H and O–H groups in total. The fraction of sp³-hybridized carbons (Fsp3) is 0.211. The first-order valence-corrected chi connectivity index (χ1v) is 9.55. The molecule has 0 radical (unpaired) electrons. The van der Waals surface area contributed by atoms with Gasteiger partial charge >= 0.3 is 5.97 Å².